The van der Waals surface area contributed by atoms with E-state index in [4.69, 9.17) is 21.1 Å². The van der Waals surface area contributed by atoms with Gasteiger partial charge in [0.2, 0.25) is 0 Å². The lowest BCUT2D eigenvalue weighted by molar-refractivity contribution is -0.118. The molecule has 0 radical (unpaired) electrons. The first-order valence-electron chi connectivity index (χ1n) is 9.76. The number of benzene rings is 3. The molecule has 0 atom stereocenters. The molecule has 0 fully saturated rings. The Balaban J connectivity index is 1.56. The zero-order chi connectivity index (χ0) is 21.3. The van der Waals surface area contributed by atoms with Gasteiger partial charge in [0, 0.05) is 12.2 Å². The predicted molar refractivity (Wildman–Crippen MR) is 122 cm³/mol. The summed E-state index contributed by atoms with van der Waals surface area (Å²) in [6.07, 6.45) is 1.02. The molecule has 0 saturated carbocycles. The topological polar surface area (TPSA) is 59.6 Å². The number of ether oxygens (including phenoxy) is 2. The Hall–Kier alpha value is -3.18. The van der Waals surface area contributed by atoms with Crippen molar-refractivity contribution in [1.82, 2.24) is 0 Å². The van der Waals surface area contributed by atoms with Gasteiger partial charge < -0.3 is 20.1 Å². The highest BCUT2D eigenvalue weighted by Crippen LogP contribution is 2.28. The van der Waals surface area contributed by atoms with Gasteiger partial charge in [-0.25, -0.2) is 0 Å². The van der Waals surface area contributed by atoms with E-state index in [0.717, 1.165) is 17.7 Å². The minimum absolute atomic E-state index is 0.150. The molecule has 0 unspecified atom stereocenters. The molecule has 0 bridgehead atoms. The molecule has 0 heterocycles. The van der Waals surface area contributed by atoms with E-state index in [9.17, 15) is 4.79 Å². The second kappa shape index (κ2) is 10.6. The van der Waals surface area contributed by atoms with Crippen LogP contribution in [-0.4, -0.2) is 19.6 Å². The molecule has 3 aromatic rings. The second-order valence-corrected chi connectivity index (χ2v) is 7.11. The Labute approximate surface area is 182 Å². The van der Waals surface area contributed by atoms with Crippen LogP contribution in [0.25, 0.3) is 0 Å². The Kier molecular flexibility index (Phi) is 7.57. The normalized spacial score (nSPS) is 10.4. The first-order chi connectivity index (χ1) is 14.6. The zero-order valence-electron chi connectivity index (χ0n) is 17.1. The maximum atomic E-state index is 12.2. The fourth-order valence-corrected chi connectivity index (χ4v) is 3.08. The number of rotatable bonds is 9. The van der Waals surface area contributed by atoms with Crippen molar-refractivity contribution in [3.63, 3.8) is 0 Å². The summed E-state index contributed by atoms with van der Waals surface area (Å²) >= 11 is 6.06. The van der Waals surface area contributed by atoms with Gasteiger partial charge in [-0.2, -0.15) is 0 Å². The lowest BCUT2D eigenvalue weighted by Gasteiger charge is -2.13. The lowest BCUT2D eigenvalue weighted by atomic mass is 10.1. The van der Waals surface area contributed by atoms with Gasteiger partial charge in [0.25, 0.3) is 5.91 Å². The van der Waals surface area contributed by atoms with Crippen LogP contribution >= 0.6 is 11.6 Å². The Morgan fingerprint density at radius 3 is 2.40 bits per heavy atom. The fourth-order valence-electron chi connectivity index (χ4n) is 2.90. The molecule has 156 valence electrons. The van der Waals surface area contributed by atoms with E-state index in [1.807, 2.05) is 12.1 Å². The minimum atomic E-state index is -0.300. The van der Waals surface area contributed by atoms with E-state index < -0.39 is 0 Å². The number of methoxy groups -OCH3 is 1. The average molecular weight is 425 g/mol. The van der Waals surface area contributed by atoms with Crippen molar-refractivity contribution in [2.24, 2.45) is 0 Å². The van der Waals surface area contributed by atoms with Gasteiger partial charge in [0.15, 0.2) is 18.1 Å². The number of halogens is 1. The molecule has 0 aliphatic rings. The summed E-state index contributed by atoms with van der Waals surface area (Å²) < 4.78 is 11.1. The Morgan fingerprint density at radius 2 is 1.70 bits per heavy atom. The summed E-state index contributed by atoms with van der Waals surface area (Å²) in [4.78, 5) is 12.2. The number of amides is 1. The number of hydrogen-bond acceptors (Lipinski definition) is 4. The highest BCUT2D eigenvalue weighted by molar-refractivity contribution is 6.33. The van der Waals surface area contributed by atoms with Crippen molar-refractivity contribution < 1.29 is 14.3 Å². The summed E-state index contributed by atoms with van der Waals surface area (Å²) in [7, 11) is 1.58. The molecule has 30 heavy (non-hydrogen) atoms. The Bertz CT molecular complexity index is 990. The molecule has 0 aliphatic heterocycles. The SMILES string of the molecule is CCc1ccc(NCc2ccc(OCC(=O)Nc3ccccc3Cl)c(OC)c2)cc1. The number of hydrogen-bond donors (Lipinski definition) is 2. The van der Waals surface area contributed by atoms with E-state index in [1.165, 1.54) is 5.56 Å². The van der Waals surface area contributed by atoms with Gasteiger partial charge in [0.05, 0.1) is 17.8 Å². The van der Waals surface area contributed by atoms with Gasteiger partial charge in [-0.1, -0.05) is 48.9 Å². The van der Waals surface area contributed by atoms with E-state index in [1.54, 1.807) is 37.4 Å². The maximum absolute atomic E-state index is 12.2. The molecule has 3 aromatic carbocycles. The molecule has 0 spiro atoms. The molecule has 0 aromatic heterocycles. The standard InChI is InChI=1S/C24H25ClN2O3/c1-3-17-8-11-19(12-9-17)26-15-18-10-13-22(23(14-18)29-2)30-16-24(28)27-21-7-5-4-6-20(21)25/h4-14,26H,3,15-16H2,1-2H3,(H,27,28). The summed E-state index contributed by atoms with van der Waals surface area (Å²) in [5.74, 6) is 0.774. The minimum Gasteiger partial charge on any atom is -0.493 e. The van der Waals surface area contributed by atoms with Gasteiger partial charge in [-0.05, 0) is 53.9 Å². The Morgan fingerprint density at radius 1 is 0.967 bits per heavy atom. The van der Waals surface area contributed by atoms with E-state index >= 15 is 0 Å². The maximum Gasteiger partial charge on any atom is 0.262 e. The number of anilines is 2. The van der Waals surface area contributed by atoms with Gasteiger partial charge in [0.1, 0.15) is 0 Å². The summed E-state index contributed by atoms with van der Waals surface area (Å²) in [5, 5.41) is 6.60. The first kappa shape index (κ1) is 21.5. The number of carbonyl (C=O) groups excluding carboxylic acids is 1. The van der Waals surface area contributed by atoms with Crippen LogP contribution < -0.4 is 20.1 Å². The van der Waals surface area contributed by atoms with Crippen LogP contribution in [0.2, 0.25) is 5.02 Å². The number of carbonyl (C=O) groups is 1. The van der Waals surface area contributed by atoms with Crippen LogP contribution in [0.5, 0.6) is 11.5 Å². The lowest BCUT2D eigenvalue weighted by Crippen LogP contribution is -2.20. The molecular weight excluding hydrogens is 400 g/mol. The van der Waals surface area contributed by atoms with Crippen LogP contribution in [0.1, 0.15) is 18.1 Å². The van der Waals surface area contributed by atoms with E-state index in [2.05, 4.69) is 41.8 Å². The monoisotopic (exact) mass is 424 g/mol. The quantitative estimate of drug-likeness (QED) is 0.473. The van der Waals surface area contributed by atoms with Gasteiger partial charge in [-0.15, -0.1) is 0 Å². The summed E-state index contributed by atoms with van der Waals surface area (Å²) in [6.45, 7) is 2.64. The van der Waals surface area contributed by atoms with Crippen LogP contribution in [0.15, 0.2) is 66.7 Å². The van der Waals surface area contributed by atoms with Crippen molar-refractivity contribution in [2.45, 2.75) is 19.9 Å². The molecule has 0 aliphatic carbocycles. The van der Waals surface area contributed by atoms with E-state index in [0.29, 0.717) is 28.8 Å². The third-order valence-electron chi connectivity index (χ3n) is 4.59. The van der Waals surface area contributed by atoms with Crippen molar-refractivity contribution in [3.05, 3.63) is 82.9 Å². The van der Waals surface area contributed by atoms with Gasteiger partial charge >= 0.3 is 0 Å². The summed E-state index contributed by atoms with van der Waals surface area (Å²) in [5.41, 5.74) is 3.96. The summed E-state index contributed by atoms with van der Waals surface area (Å²) in [6, 6.07) is 21.1. The third kappa shape index (κ3) is 5.91. The molecule has 2 N–H and O–H groups in total. The van der Waals surface area contributed by atoms with Crippen molar-refractivity contribution >= 4 is 28.9 Å². The molecule has 3 rings (SSSR count). The van der Waals surface area contributed by atoms with Crippen LogP contribution in [0.4, 0.5) is 11.4 Å². The molecule has 1 amide bonds. The molecule has 0 saturated heterocycles. The van der Waals surface area contributed by atoms with Crippen LogP contribution in [0.3, 0.4) is 0 Å². The third-order valence-corrected chi connectivity index (χ3v) is 4.92. The first-order valence-corrected chi connectivity index (χ1v) is 10.1. The van der Waals surface area contributed by atoms with Gasteiger partial charge in [-0.3, -0.25) is 4.79 Å². The highest BCUT2D eigenvalue weighted by Gasteiger charge is 2.10. The largest absolute Gasteiger partial charge is 0.493 e. The number of aryl methyl sites for hydroxylation is 1. The van der Waals surface area contributed by atoms with Crippen molar-refractivity contribution in [1.29, 1.82) is 0 Å². The average Bonchev–Trinajstić information content (AvgIpc) is 2.78. The van der Waals surface area contributed by atoms with Crippen LogP contribution in [0, 0.1) is 0 Å². The molecule has 5 nitrogen and oxygen atoms in total. The fraction of sp³-hybridized carbons (Fsp3) is 0.208. The number of para-hydroxylation sites is 1. The van der Waals surface area contributed by atoms with Crippen molar-refractivity contribution in [3.8, 4) is 11.5 Å². The second-order valence-electron chi connectivity index (χ2n) is 6.71. The number of nitrogens with one attached hydrogen (secondary N) is 2. The molecule has 6 heteroatoms. The predicted octanol–water partition coefficient (Wildman–Crippen LogP) is 5.54. The highest BCUT2D eigenvalue weighted by atomic mass is 35.5. The molecular formula is C24H25ClN2O3. The van der Waals surface area contributed by atoms with Crippen molar-refractivity contribution in [2.75, 3.05) is 24.4 Å². The smallest absolute Gasteiger partial charge is 0.262 e. The zero-order valence-corrected chi connectivity index (χ0v) is 17.8. The van der Waals surface area contributed by atoms with E-state index in [-0.39, 0.29) is 12.5 Å². The van der Waals surface area contributed by atoms with Crippen LogP contribution in [-0.2, 0) is 17.8 Å².